The molecule has 0 saturated heterocycles. The molecule has 0 fully saturated rings. The van der Waals surface area contributed by atoms with Gasteiger partial charge in [-0.1, -0.05) is 0 Å². The predicted molar refractivity (Wildman–Crippen MR) is 22.4 cm³/mol. The quantitative estimate of drug-likeness (QED) is 0.540. The second-order valence-electron chi connectivity index (χ2n) is 1.18. The number of hydrogen-bond acceptors (Lipinski definition) is 2. The summed E-state index contributed by atoms with van der Waals surface area (Å²) in [5, 5.41) is 8.02. The fourth-order valence-corrected chi connectivity index (χ4v) is 0.157. The molecule has 0 amide bonds. The van der Waals surface area contributed by atoms with Gasteiger partial charge in [0.05, 0.1) is 0 Å². The van der Waals surface area contributed by atoms with E-state index in [1.54, 1.807) is 0 Å². The normalized spacial score (nSPS) is 7.14. The monoisotopic (exact) mass is 136 g/mol. The molecule has 40 valence electrons. The number of carbonyl (C=O) groups excluding carboxylic acids is 1. The van der Waals surface area contributed by atoms with Crippen molar-refractivity contribution >= 4 is 5.78 Å². The molecule has 0 atom stereocenters. The van der Waals surface area contributed by atoms with Crippen LogP contribution in [0.4, 0.5) is 0 Å². The molecule has 0 aliphatic rings. The molecule has 0 aromatic carbocycles. The summed E-state index contributed by atoms with van der Waals surface area (Å²) in [4.78, 5) is 9.88. The van der Waals surface area contributed by atoms with Crippen LogP contribution in [0.3, 0.4) is 0 Å². The number of Topliss-reactive ketones (excluding diaryl/α,β-unsaturated/α-hetero) is 1. The van der Waals surface area contributed by atoms with Gasteiger partial charge in [-0.25, -0.2) is 0 Å². The van der Waals surface area contributed by atoms with Crippen LogP contribution in [-0.2, 0) is 26.5 Å². The molecule has 0 unspecified atom stereocenters. The third-order valence-corrected chi connectivity index (χ3v) is 0.464. The second kappa shape index (κ2) is 6.34. The second-order valence-corrected chi connectivity index (χ2v) is 1.18. The summed E-state index contributed by atoms with van der Waals surface area (Å²) in [7, 11) is 0. The molecule has 0 aliphatic carbocycles. The number of hydrogen-bond donors (Lipinski definition) is 1. The van der Waals surface area contributed by atoms with Crippen molar-refractivity contribution in [1.29, 1.82) is 0 Å². The van der Waals surface area contributed by atoms with E-state index >= 15 is 0 Å². The molecular weight excluding hydrogens is 128 g/mol. The zero-order valence-corrected chi connectivity index (χ0v) is 5.83. The zero-order valence-electron chi connectivity index (χ0n) is 4.27. The van der Waals surface area contributed by atoms with E-state index in [2.05, 4.69) is 0 Å². The predicted octanol–water partition coefficient (Wildman–Crippen LogP) is -0.0447. The Hall–Kier alpha value is 0.344. The number of aliphatic hydroxyl groups excluding tert-OH is 1. The Morgan fingerprint density at radius 2 is 2.14 bits per heavy atom. The number of carbonyl (C=O) groups is 1. The summed E-state index contributed by atoms with van der Waals surface area (Å²) >= 11 is 0. The average molecular weight is 136 g/mol. The van der Waals surface area contributed by atoms with Crippen LogP contribution in [0.2, 0.25) is 0 Å². The van der Waals surface area contributed by atoms with Gasteiger partial charge in [0.1, 0.15) is 5.78 Å². The van der Waals surface area contributed by atoms with Crippen LogP contribution in [0.25, 0.3) is 0 Å². The summed E-state index contributed by atoms with van der Waals surface area (Å²) in [6.07, 6.45) is 0.292. The van der Waals surface area contributed by atoms with E-state index in [-0.39, 0.29) is 34.1 Å². The van der Waals surface area contributed by atoms with Crippen LogP contribution >= 0.6 is 0 Å². The van der Waals surface area contributed by atoms with Crippen LogP contribution < -0.4 is 0 Å². The summed E-state index contributed by atoms with van der Waals surface area (Å²) < 4.78 is 0. The molecule has 2 nitrogen and oxygen atoms in total. The van der Waals surface area contributed by atoms with Gasteiger partial charge in [0.25, 0.3) is 0 Å². The average Bonchev–Trinajstić information content (AvgIpc) is 1.35. The Morgan fingerprint density at radius 3 is 2.14 bits per heavy atom. The minimum Gasteiger partial charge on any atom is -0.396 e. The fraction of sp³-hybridized carbons (Fsp3) is 0.750. The van der Waals surface area contributed by atoms with Gasteiger partial charge in [0.2, 0.25) is 0 Å². The summed E-state index contributed by atoms with van der Waals surface area (Å²) in [6.45, 7) is 1.44. The Balaban J connectivity index is 0. The standard InChI is InChI=1S/C4H8O2.Ti/c1-4(6)2-3-5;/h5H,2-3H2,1H3;. The summed E-state index contributed by atoms with van der Waals surface area (Å²) in [6, 6.07) is 0. The van der Waals surface area contributed by atoms with E-state index in [1.165, 1.54) is 6.92 Å². The molecule has 0 aromatic heterocycles. The third-order valence-electron chi connectivity index (χ3n) is 0.464. The smallest absolute Gasteiger partial charge is 0.132 e. The summed E-state index contributed by atoms with van der Waals surface area (Å²) in [5.74, 6) is 0.0394. The molecule has 0 rings (SSSR count). The van der Waals surface area contributed by atoms with E-state index in [4.69, 9.17) is 5.11 Å². The molecule has 7 heavy (non-hydrogen) atoms. The van der Waals surface area contributed by atoms with Crippen molar-refractivity contribution in [1.82, 2.24) is 0 Å². The van der Waals surface area contributed by atoms with Crippen molar-refractivity contribution in [2.45, 2.75) is 13.3 Å². The Kier molecular flexibility index (Phi) is 9.38. The first-order valence-corrected chi connectivity index (χ1v) is 1.87. The minimum atomic E-state index is -0.0185. The van der Waals surface area contributed by atoms with Crippen LogP contribution in [0.15, 0.2) is 0 Å². The molecule has 0 spiro atoms. The van der Waals surface area contributed by atoms with E-state index in [0.717, 1.165) is 0 Å². The van der Waals surface area contributed by atoms with Gasteiger partial charge < -0.3 is 5.11 Å². The van der Waals surface area contributed by atoms with E-state index in [9.17, 15) is 4.79 Å². The Bertz CT molecular complexity index is 53.7. The number of aliphatic hydroxyl groups is 1. The molecular formula is C4H8O2Ti. The van der Waals surface area contributed by atoms with Crippen LogP contribution in [0.1, 0.15) is 13.3 Å². The fourth-order valence-electron chi connectivity index (χ4n) is 0.157. The first-order chi connectivity index (χ1) is 2.77. The Labute approximate surface area is 57.8 Å². The van der Waals surface area contributed by atoms with Gasteiger partial charge in [0, 0.05) is 34.7 Å². The molecule has 0 bridgehead atoms. The van der Waals surface area contributed by atoms with Crippen molar-refractivity contribution in [3.8, 4) is 0 Å². The van der Waals surface area contributed by atoms with Gasteiger partial charge in [0.15, 0.2) is 0 Å². The van der Waals surface area contributed by atoms with Crippen molar-refractivity contribution in [2.75, 3.05) is 6.61 Å². The van der Waals surface area contributed by atoms with Crippen molar-refractivity contribution in [2.24, 2.45) is 0 Å². The SMILES string of the molecule is CC(=O)CCO.[Ti]. The molecule has 0 saturated carbocycles. The maximum absolute atomic E-state index is 9.88. The molecule has 0 radical (unpaired) electrons. The molecule has 0 heterocycles. The van der Waals surface area contributed by atoms with E-state index in [1.807, 2.05) is 0 Å². The van der Waals surface area contributed by atoms with Gasteiger partial charge in [-0.2, -0.15) is 0 Å². The van der Waals surface area contributed by atoms with Crippen molar-refractivity contribution in [3.63, 3.8) is 0 Å². The van der Waals surface area contributed by atoms with Crippen molar-refractivity contribution in [3.05, 3.63) is 0 Å². The van der Waals surface area contributed by atoms with Crippen LogP contribution in [-0.4, -0.2) is 17.5 Å². The van der Waals surface area contributed by atoms with Gasteiger partial charge in [-0.3, -0.25) is 4.79 Å². The molecule has 3 heteroatoms. The van der Waals surface area contributed by atoms with Crippen LogP contribution in [0, 0.1) is 0 Å². The maximum atomic E-state index is 9.88. The molecule has 0 aromatic rings. The minimum absolute atomic E-state index is 0. The van der Waals surface area contributed by atoms with E-state index in [0.29, 0.717) is 6.42 Å². The van der Waals surface area contributed by atoms with Crippen molar-refractivity contribution < 1.29 is 31.6 Å². The first-order valence-electron chi connectivity index (χ1n) is 1.87. The van der Waals surface area contributed by atoms with Crippen LogP contribution in [0.5, 0.6) is 0 Å². The van der Waals surface area contributed by atoms with Gasteiger partial charge >= 0.3 is 0 Å². The number of rotatable bonds is 2. The Morgan fingerprint density at radius 1 is 1.71 bits per heavy atom. The molecule has 1 N–H and O–H groups in total. The van der Waals surface area contributed by atoms with E-state index < -0.39 is 0 Å². The first kappa shape index (κ1) is 10.3. The maximum Gasteiger partial charge on any atom is 0.132 e. The number of ketones is 1. The van der Waals surface area contributed by atoms with Gasteiger partial charge in [-0.05, 0) is 6.92 Å². The zero-order chi connectivity index (χ0) is 4.99. The third kappa shape index (κ3) is 10.7. The summed E-state index contributed by atoms with van der Waals surface area (Å²) in [5.41, 5.74) is 0. The van der Waals surface area contributed by atoms with Gasteiger partial charge in [-0.15, -0.1) is 0 Å². The molecule has 0 aliphatic heterocycles. The topological polar surface area (TPSA) is 37.3 Å². The largest absolute Gasteiger partial charge is 0.396 e.